The molecule has 0 atom stereocenters. The van der Waals surface area contributed by atoms with Crippen molar-refractivity contribution in [3.8, 4) is 11.5 Å². The molecule has 0 heterocycles. The maximum absolute atomic E-state index is 11.6. The van der Waals surface area contributed by atoms with Crippen LogP contribution in [0.3, 0.4) is 0 Å². The number of carbonyl (C=O) groups excluding carboxylic acids is 1. The van der Waals surface area contributed by atoms with Crippen molar-refractivity contribution in [3.05, 3.63) is 23.8 Å². The van der Waals surface area contributed by atoms with E-state index >= 15 is 0 Å². The number of hydrogen-bond donors (Lipinski definition) is 2. The molecule has 1 aromatic rings. The third-order valence-corrected chi connectivity index (χ3v) is 2.98. The number of methoxy groups -OCH3 is 2. The Balaban J connectivity index is 2.33. The van der Waals surface area contributed by atoms with Crippen molar-refractivity contribution in [1.29, 1.82) is 0 Å². The molecule has 0 saturated heterocycles. The van der Waals surface area contributed by atoms with E-state index in [1.807, 2.05) is 18.2 Å². The topological polar surface area (TPSA) is 59.6 Å². The van der Waals surface area contributed by atoms with Gasteiger partial charge in [0, 0.05) is 32.1 Å². The molecule has 0 aromatic heterocycles. The van der Waals surface area contributed by atoms with Gasteiger partial charge >= 0.3 is 0 Å². The molecule has 0 unspecified atom stereocenters. The van der Waals surface area contributed by atoms with Crippen LogP contribution >= 0.6 is 0 Å². The predicted molar refractivity (Wildman–Crippen MR) is 83.7 cm³/mol. The summed E-state index contributed by atoms with van der Waals surface area (Å²) in [5.41, 5.74) is 1.06. The summed E-state index contributed by atoms with van der Waals surface area (Å²) in [7, 11) is 3.26. The van der Waals surface area contributed by atoms with E-state index in [-0.39, 0.29) is 5.91 Å². The molecule has 0 fully saturated rings. The molecule has 5 nitrogen and oxygen atoms in total. The summed E-state index contributed by atoms with van der Waals surface area (Å²) in [4.78, 5) is 11.6. The summed E-state index contributed by atoms with van der Waals surface area (Å²) in [5, 5.41) is 6.15. The van der Waals surface area contributed by atoms with Crippen molar-refractivity contribution in [2.24, 2.45) is 5.92 Å². The average Bonchev–Trinajstić information content (AvgIpc) is 2.49. The van der Waals surface area contributed by atoms with Gasteiger partial charge < -0.3 is 20.1 Å². The van der Waals surface area contributed by atoms with Crippen molar-refractivity contribution in [2.45, 2.75) is 26.8 Å². The first-order valence-electron chi connectivity index (χ1n) is 7.24. The predicted octanol–water partition coefficient (Wildman–Crippen LogP) is 1.96. The summed E-state index contributed by atoms with van der Waals surface area (Å²) >= 11 is 0. The highest BCUT2D eigenvalue weighted by atomic mass is 16.5. The molecule has 1 aromatic carbocycles. The van der Waals surface area contributed by atoms with Crippen LogP contribution in [0, 0.1) is 5.92 Å². The second-order valence-electron chi connectivity index (χ2n) is 5.35. The van der Waals surface area contributed by atoms with E-state index in [9.17, 15) is 4.79 Å². The monoisotopic (exact) mass is 294 g/mol. The lowest BCUT2D eigenvalue weighted by Crippen LogP contribution is -2.30. The van der Waals surface area contributed by atoms with Crippen LogP contribution in [-0.2, 0) is 11.3 Å². The highest BCUT2D eigenvalue weighted by Crippen LogP contribution is 2.22. The third kappa shape index (κ3) is 6.99. The van der Waals surface area contributed by atoms with E-state index in [2.05, 4.69) is 24.5 Å². The Morgan fingerprint density at radius 3 is 2.29 bits per heavy atom. The van der Waals surface area contributed by atoms with E-state index in [1.54, 1.807) is 14.2 Å². The fraction of sp³-hybridized carbons (Fsp3) is 0.562. The minimum absolute atomic E-state index is 0.0828. The van der Waals surface area contributed by atoms with Gasteiger partial charge in [-0.15, -0.1) is 0 Å². The van der Waals surface area contributed by atoms with Crippen LogP contribution in [0.2, 0.25) is 0 Å². The van der Waals surface area contributed by atoms with Gasteiger partial charge in [0.05, 0.1) is 14.2 Å². The molecular weight excluding hydrogens is 268 g/mol. The first-order valence-corrected chi connectivity index (χ1v) is 7.24. The minimum atomic E-state index is 0.0828. The summed E-state index contributed by atoms with van der Waals surface area (Å²) in [6.45, 7) is 6.20. The number of nitrogens with one attached hydrogen (secondary N) is 2. The molecular formula is C16H26N2O3. The Morgan fingerprint density at radius 2 is 1.76 bits per heavy atom. The Morgan fingerprint density at radius 1 is 1.14 bits per heavy atom. The summed E-state index contributed by atoms with van der Waals surface area (Å²) in [6.07, 6.45) is 0.480. The standard InChI is InChI=1S/C16H26N2O3/c1-12(2)10-18-16(19)5-6-17-11-13-7-14(20-3)9-15(8-13)21-4/h7-9,12,17H,5-6,10-11H2,1-4H3,(H,18,19). The minimum Gasteiger partial charge on any atom is -0.497 e. The second-order valence-corrected chi connectivity index (χ2v) is 5.35. The number of ether oxygens (including phenoxy) is 2. The van der Waals surface area contributed by atoms with E-state index in [4.69, 9.17) is 9.47 Å². The molecule has 2 N–H and O–H groups in total. The van der Waals surface area contributed by atoms with Gasteiger partial charge in [-0.1, -0.05) is 13.8 Å². The zero-order chi connectivity index (χ0) is 15.7. The molecule has 21 heavy (non-hydrogen) atoms. The van der Waals surface area contributed by atoms with Crippen molar-refractivity contribution in [1.82, 2.24) is 10.6 Å². The Kier molecular flexibility index (Phi) is 7.61. The SMILES string of the molecule is COc1cc(CNCCC(=O)NCC(C)C)cc(OC)c1. The van der Waals surface area contributed by atoms with Gasteiger partial charge in [0.1, 0.15) is 11.5 Å². The van der Waals surface area contributed by atoms with E-state index in [1.165, 1.54) is 0 Å². The van der Waals surface area contributed by atoms with Crippen LogP contribution in [-0.4, -0.2) is 33.2 Å². The molecule has 0 spiro atoms. The summed E-state index contributed by atoms with van der Waals surface area (Å²) in [6, 6.07) is 5.74. The molecule has 118 valence electrons. The van der Waals surface area contributed by atoms with Crippen molar-refractivity contribution in [2.75, 3.05) is 27.3 Å². The lowest BCUT2D eigenvalue weighted by Gasteiger charge is -2.10. The normalized spacial score (nSPS) is 10.5. The van der Waals surface area contributed by atoms with Crippen molar-refractivity contribution >= 4 is 5.91 Å². The zero-order valence-electron chi connectivity index (χ0n) is 13.4. The van der Waals surface area contributed by atoms with Crippen LogP contribution in [0.5, 0.6) is 11.5 Å². The first kappa shape index (κ1) is 17.3. The number of hydrogen-bond acceptors (Lipinski definition) is 4. The zero-order valence-corrected chi connectivity index (χ0v) is 13.4. The van der Waals surface area contributed by atoms with Gasteiger partial charge in [0.25, 0.3) is 0 Å². The van der Waals surface area contributed by atoms with Gasteiger partial charge in [-0.05, 0) is 23.6 Å². The fourth-order valence-corrected chi connectivity index (χ4v) is 1.81. The molecule has 0 aliphatic carbocycles. The average molecular weight is 294 g/mol. The highest BCUT2D eigenvalue weighted by molar-refractivity contribution is 5.76. The molecule has 0 bridgehead atoms. The van der Waals surface area contributed by atoms with Crippen LogP contribution in [0.4, 0.5) is 0 Å². The van der Waals surface area contributed by atoms with Gasteiger partial charge in [-0.2, -0.15) is 0 Å². The van der Waals surface area contributed by atoms with E-state index < -0.39 is 0 Å². The molecule has 0 radical (unpaired) electrons. The quantitative estimate of drug-likeness (QED) is 0.684. The Labute approximate surface area is 127 Å². The summed E-state index contributed by atoms with van der Waals surface area (Å²) in [5.74, 6) is 2.09. The van der Waals surface area contributed by atoms with E-state index in [0.717, 1.165) is 23.6 Å². The molecule has 0 saturated carbocycles. The number of benzene rings is 1. The molecule has 0 aliphatic rings. The van der Waals surface area contributed by atoms with E-state index in [0.29, 0.717) is 25.4 Å². The molecule has 1 amide bonds. The fourth-order valence-electron chi connectivity index (χ4n) is 1.81. The third-order valence-electron chi connectivity index (χ3n) is 2.98. The number of amides is 1. The Bertz CT molecular complexity index is 425. The van der Waals surface area contributed by atoms with Gasteiger partial charge in [-0.25, -0.2) is 0 Å². The maximum atomic E-state index is 11.6. The smallest absolute Gasteiger partial charge is 0.221 e. The van der Waals surface area contributed by atoms with Crippen molar-refractivity contribution < 1.29 is 14.3 Å². The molecule has 5 heteroatoms. The summed E-state index contributed by atoms with van der Waals surface area (Å²) < 4.78 is 10.4. The second kappa shape index (κ2) is 9.23. The molecule has 0 aliphatic heterocycles. The van der Waals surface area contributed by atoms with Crippen LogP contribution in [0.1, 0.15) is 25.8 Å². The highest BCUT2D eigenvalue weighted by Gasteiger charge is 2.04. The van der Waals surface area contributed by atoms with Crippen molar-refractivity contribution in [3.63, 3.8) is 0 Å². The lowest BCUT2D eigenvalue weighted by atomic mass is 10.2. The number of carbonyl (C=O) groups is 1. The molecule has 1 rings (SSSR count). The Hall–Kier alpha value is -1.75. The van der Waals surface area contributed by atoms with Gasteiger partial charge in [-0.3, -0.25) is 4.79 Å². The van der Waals surface area contributed by atoms with Crippen LogP contribution in [0.15, 0.2) is 18.2 Å². The lowest BCUT2D eigenvalue weighted by molar-refractivity contribution is -0.121. The number of rotatable bonds is 9. The largest absolute Gasteiger partial charge is 0.497 e. The first-order chi connectivity index (χ1) is 10.0. The maximum Gasteiger partial charge on any atom is 0.221 e. The van der Waals surface area contributed by atoms with Gasteiger partial charge in [0.2, 0.25) is 5.91 Å². The van der Waals surface area contributed by atoms with Crippen LogP contribution in [0.25, 0.3) is 0 Å². The van der Waals surface area contributed by atoms with Gasteiger partial charge in [0.15, 0.2) is 0 Å². The van der Waals surface area contributed by atoms with Crippen LogP contribution < -0.4 is 20.1 Å².